The van der Waals surface area contributed by atoms with E-state index in [0.717, 1.165) is 0 Å². The first-order valence-corrected chi connectivity index (χ1v) is 3.89. The van der Waals surface area contributed by atoms with Gasteiger partial charge in [-0.1, -0.05) is 0 Å². The molecule has 2 heterocycles. The zero-order valence-electron chi connectivity index (χ0n) is 7.16. The van der Waals surface area contributed by atoms with E-state index in [-0.39, 0.29) is 5.69 Å². The highest BCUT2D eigenvalue weighted by Gasteiger charge is 2.05. The molecule has 0 aromatic carbocycles. The standard InChI is InChI=1S/C8H7N5O/c9-8(14)6-2-4-13(12-6)7-1-3-10-5-11-7/h1-5H,(H2,9,14). The predicted molar refractivity (Wildman–Crippen MR) is 47.7 cm³/mol. The van der Waals surface area contributed by atoms with E-state index in [4.69, 9.17) is 5.73 Å². The van der Waals surface area contributed by atoms with Crippen molar-refractivity contribution in [3.05, 3.63) is 36.5 Å². The van der Waals surface area contributed by atoms with Crippen LogP contribution < -0.4 is 5.73 Å². The van der Waals surface area contributed by atoms with Crippen molar-refractivity contribution in [2.24, 2.45) is 5.73 Å². The van der Waals surface area contributed by atoms with Gasteiger partial charge in [-0.05, 0) is 6.07 Å². The number of amides is 1. The molecule has 2 rings (SSSR count). The minimum atomic E-state index is -0.558. The summed E-state index contributed by atoms with van der Waals surface area (Å²) in [7, 11) is 0. The van der Waals surface area contributed by atoms with E-state index in [9.17, 15) is 4.79 Å². The van der Waals surface area contributed by atoms with Crippen LogP contribution in [0.4, 0.5) is 0 Å². The van der Waals surface area contributed by atoms with Gasteiger partial charge in [0.15, 0.2) is 5.82 Å². The summed E-state index contributed by atoms with van der Waals surface area (Å²) in [4.78, 5) is 18.5. The Balaban J connectivity index is 2.39. The van der Waals surface area contributed by atoms with E-state index < -0.39 is 5.91 Å². The Kier molecular flexibility index (Phi) is 1.94. The zero-order valence-corrected chi connectivity index (χ0v) is 7.16. The summed E-state index contributed by atoms with van der Waals surface area (Å²) in [5.74, 6) is 0.0327. The van der Waals surface area contributed by atoms with Gasteiger partial charge < -0.3 is 5.73 Å². The summed E-state index contributed by atoms with van der Waals surface area (Å²) in [6, 6.07) is 3.21. The number of primary amides is 1. The van der Waals surface area contributed by atoms with Gasteiger partial charge >= 0.3 is 0 Å². The minimum Gasteiger partial charge on any atom is -0.364 e. The van der Waals surface area contributed by atoms with E-state index in [1.54, 1.807) is 18.5 Å². The molecule has 0 saturated carbocycles. The lowest BCUT2D eigenvalue weighted by molar-refractivity contribution is 0.0995. The van der Waals surface area contributed by atoms with Crippen LogP contribution in [0.2, 0.25) is 0 Å². The Labute approximate surface area is 79.4 Å². The molecule has 70 valence electrons. The van der Waals surface area contributed by atoms with Gasteiger partial charge in [0.05, 0.1) is 0 Å². The van der Waals surface area contributed by atoms with Crippen molar-refractivity contribution in [3.8, 4) is 5.82 Å². The number of rotatable bonds is 2. The number of nitrogens with zero attached hydrogens (tertiary/aromatic N) is 4. The summed E-state index contributed by atoms with van der Waals surface area (Å²) in [6.07, 6.45) is 4.61. The Morgan fingerprint density at radius 2 is 2.29 bits per heavy atom. The van der Waals surface area contributed by atoms with E-state index >= 15 is 0 Å². The van der Waals surface area contributed by atoms with Gasteiger partial charge in [-0.2, -0.15) is 5.10 Å². The number of carbonyl (C=O) groups excluding carboxylic acids is 1. The van der Waals surface area contributed by atoms with Crippen LogP contribution in [0.25, 0.3) is 5.82 Å². The van der Waals surface area contributed by atoms with Crippen molar-refractivity contribution in [2.75, 3.05) is 0 Å². The Morgan fingerprint density at radius 1 is 1.43 bits per heavy atom. The quantitative estimate of drug-likeness (QED) is 0.706. The van der Waals surface area contributed by atoms with Crippen molar-refractivity contribution < 1.29 is 4.79 Å². The molecule has 2 aromatic heterocycles. The molecule has 0 aliphatic heterocycles. The highest BCUT2D eigenvalue weighted by molar-refractivity contribution is 5.90. The maximum absolute atomic E-state index is 10.8. The Hall–Kier alpha value is -2.24. The molecule has 14 heavy (non-hydrogen) atoms. The fourth-order valence-electron chi connectivity index (χ4n) is 1.00. The number of nitrogens with two attached hydrogens (primary N) is 1. The van der Waals surface area contributed by atoms with Crippen LogP contribution in [0, 0.1) is 0 Å². The second-order valence-corrected chi connectivity index (χ2v) is 2.58. The normalized spacial score (nSPS) is 10.0. The molecule has 0 unspecified atom stereocenters. The van der Waals surface area contributed by atoms with Gasteiger partial charge in [-0.3, -0.25) is 4.79 Å². The lowest BCUT2D eigenvalue weighted by atomic mass is 10.4. The number of carbonyl (C=O) groups is 1. The first kappa shape index (κ1) is 8.36. The van der Waals surface area contributed by atoms with E-state index in [0.29, 0.717) is 5.82 Å². The predicted octanol–water partition coefficient (Wildman–Crippen LogP) is -0.239. The Morgan fingerprint density at radius 3 is 2.86 bits per heavy atom. The summed E-state index contributed by atoms with van der Waals surface area (Å²) in [6.45, 7) is 0. The third-order valence-electron chi connectivity index (χ3n) is 1.64. The lowest BCUT2D eigenvalue weighted by Crippen LogP contribution is -2.12. The molecule has 1 amide bonds. The topological polar surface area (TPSA) is 86.7 Å². The molecule has 2 aromatic rings. The molecule has 0 bridgehead atoms. The molecular weight excluding hydrogens is 182 g/mol. The first-order valence-electron chi connectivity index (χ1n) is 3.89. The van der Waals surface area contributed by atoms with Gasteiger partial charge in [0, 0.05) is 18.5 Å². The molecule has 6 nitrogen and oxygen atoms in total. The van der Waals surface area contributed by atoms with Crippen LogP contribution in [0.3, 0.4) is 0 Å². The number of aromatic nitrogens is 4. The smallest absolute Gasteiger partial charge is 0.269 e. The van der Waals surface area contributed by atoms with E-state index in [2.05, 4.69) is 15.1 Å². The highest BCUT2D eigenvalue weighted by atomic mass is 16.1. The fraction of sp³-hybridized carbons (Fsp3) is 0. The summed E-state index contributed by atoms with van der Waals surface area (Å²) in [5, 5.41) is 3.93. The SMILES string of the molecule is NC(=O)c1ccn(-c2ccncn2)n1. The highest BCUT2D eigenvalue weighted by Crippen LogP contribution is 2.01. The second kappa shape index (κ2) is 3.25. The minimum absolute atomic E-state index is 0.212. The molecule has 0 radical (unpaired) electrons. The van der Waals surface area contributed by atoms with Gasteiger partial charge in [0.2, 0.25) is 0 Å². The van der Waals surface area contributed by atoms with Gasteiger partial charge in [0.25, 0.3) is 5.91 Å². The molecule has 0 aliphatic carbocycles. The molecule has 0 spiro atoms. The van der Waals surface area contributed by atoms with Crippen LogP contribution in [0.1, 0.15) is 10.5 Å². The average molecular weight is 189 g/mol. The van der Waals surface area contributed by atoms with E-state index in [1.807, 2.05) is 0 Å². The molecule has 2 N–H and O–H groups in total. The summed E-state index contributed by atoms with van der Waals surface area (Å²) >= 11 is 0. The second-order valence-electron chi connectivity index (χ2n) is 2.58. The van der Waals surface area contributed by atoms with E-state index in [1.165, 1.54) is 17.1 Å². The first-order chi connectivity index (χ1) is 6.77. The van der Waals surface area contributed by atoms with Gasteiger partial charge in [-0.25, -0.2) is 14.6 Å². The monoisotopic (exact) mass is 189 g/mol. The zero-order chi connectivity index (χ0) is 9.97. The van der Waals surface area contributed by atoms with Crippen molar-refractivity contribution in [1.82, 2.24) is 19.7 Å². The maximum atomic E-state index is 10.8. The number of hydrogen-bond acceptors (Lipinski definition) is 4. The molecule has 0 aliphatic rings. The largest absolute Gasteiger partial charge is 0.364 e. The van der Waals surface area contributed by atoms with Crippen LogP contribution >= 0.6 is 0 Å². The van der Waals surface area contributed by atoms with Crippen LogP contribution in [0.5, 0.6) is 0 Å². The van der Waals surface area contributed by atoms with Crippen molar-refractivity contribution >= 4 is 5.91 Å². The maximum Gasteiger partial charge on any atom is 0.269 e. The van der Waals surface area contributed by atoms with Gasteiger partial charge in [-0.15, -0.1) is 0 Å². The average Bonchev–Trinajstić information content (AvgIpc) is 2.68. The molecule has 0 fully saturated rings. The molecular formula is C8H7N5O. The summed E-state index contributed by atoms with van der Waals surface area (Å²) in [5.41, 5.74) is 5.27. The van der Waals surface area contributed by atoms with Gasteiger partial charge in [0.1, 0.15) is 12.0 Å². The van der Waals surface area contributed by atoms with Crippen molar-refractivity contribution in [1.29, 1.82) is 0 Å². The Bertz CT molecular complexity index is 450. The lowest BCUT2D eigenvalue weighted by Gasteiger charge is -1.96. The van der Waals surface area contributed by atoms with Crippen molar-refractivity contribution in [2.45, 2.75) is 0 Å². The third kappa shape index (κ3) is 1.45. The van der Waals surface area contributed by atoms with Crippen LogP contribution in [0.15, 0.2) is 30.9 Å². The summed E-state index contributed by atoms with van der Waals surface area (Å²) < 4.78 is 1.46. The molecule has 6 heteroatoms. The van der Waals surface area contributed by atoms with Crippen LogP contribution in [-0.2, 0) is 0 Å². The molecule has 0 saturated heterocycles. The molecule has 0 atom stereocenters. The fourth-order valence-corrected chi connectivity index (χ4v) is 1.00. The number of hydrogen-bond donors (Lipinski definition) is 1. The third-order valence-corrected chi connectivity index (χ3v) is 1.64. The van der Waals surface area contributed by atoms with Crippen LogP contribution in [-0.4, -0.2) is 25.7 Å². The van der Waals surface area contributed by atoms with Crippen molar-refractivity contribution in [3.63, 3.8) is 0 Å².